The second-order valence-corrected chi connectivity index (χ2v) is 12.8. The lowest BCUT2D eigenvalue weighted by Crippen LogP contribution is -2.60. The molecule has 0 bridgehead atoms. The lowest BCUT2D eigenvalue weighted by Gasteiger charge is -2.29. The van der Waals surface area contributed by atoms with E-state index in [-0.39, 0.29) is 35.5 Å². The standard InChI is InChI=1S/C33H44N10O16/c34-33-42-28-23(31(57)43-33)38-15(8-36-28)7-35-14-3-1-13(2-4-14)29(55)40-16(32(58)59)5-6-20(49)41-22(27(54)26(53)19(48)12-46)30(56)37-9-21(50)39-17(10-44)24(51)25(52)18(47)11-45/h1-4,8,10,16-19,22,24-27,35,45-48,51-54H,5-7,9,11-12H2,(H,37,56)(H,39,50)(H,40,55)(H,41,49)(H,58,59)(H3,34,36,42,43,57). The number of rotatable bonds is 23. The van der Waals surface area contributed by atoms with E-state index in [1.807, 2.05) is 16.0 Å². The second kappa shape index (κ2) is 22.0. The number of carbonyl (C=O) groups is 6. The van der Waals surface area contributed by atoms with E-state index in [2.05, 4.69) is 30.6 Å². The number of fused-ring (bicyclic) bond motifs is 1. The molecule has 0 aliphatic carbocycles. The number of aliphatic hydroxyl groups is 8. The average Bonchev–Trinajstić information content (AvgIpc) is 3.22. The summed E-state index contributed by atoms with van der Waals surface area (Å²) in [4.78, 5) is 101. The van der Waals surface area contributed by atoms with Crippen LogP contribution in [0.25, 0.3) is 11.2 Å². The van der Waals surface area contributed by atoms with Gasteiger partial charge >= 0.3 is 5.97 Å². The van der Waals surface area contributed by atoms with Gasteiger partial charge in [-0.15, -0.1) is 0 Å². The minimum absolute atomic E-state index is 0.0140. The van der Waals surface area contributed by atoms with Crippen LogP contribution in [0.5, 0.6) is 0 Å². The van der Waals surface area contributed by atoms with Crippen molar-refractivity contribution in [1.82, 2.24) is 41.2 Å². The summed E-state index contributed by atoms with van der Waals surface area (Å²) >= 11 is 0. The number of H-pyrrole nitrogens is 1. The molecule has 9 unspecified atom stereocenters. The number of aromatic amines is 1. The van der Waals surface area contributed by atoms with Gasteiger partial charge in [-0.05, 0) is 30.7 Å². The molecule has 0 radical (unpaired) electrons. The summed E-state index contributed by atoms with van der Waals surface area (Å²) in [6.07, 6.45) is -12.7. The smallest absolute Gasteiger partial charge is 0.326 e. The molecule has 0 spiro atoms. The Morgan fingerprint density at radius 1 is 0.831 bits per heavy atom. The third-order valence-electron chi connectivity index (χ3n) is 8.44. The summed E-state index contributed by atoms with van der Waals surface area (Å²) in [5.74, 6) is -6.24. The van der Waals surface area contributed by atoms with Gasteiger partial charge in [0.1, 0.15) is 61.0 Å². The number of nitrogens with one attached hydrogen (secondary N) is 6. The maximum atomic E-state index is 13.0. The zero-order chi connectivity index (χ0) is 44.0. The van der Waals surface area contributed by atoms with Crippen LogP contribution in [-0.4, -0.2) is 176 Å². The molecule has 3 aromatic rings. The van der Waals surface area contributed by atoms with E-state index in [9.17, 15) is 74.4 Å². The first kappa shape index (κ1) is 47.1. The summed E-state index contributed by atoms with van der Waals surface area (Å²) in [5.41, 5.74) is 5.84. The molecule has 2 heterocycles. The molecule has 59 heavy (non-hydrogen) atoms. The maximum Gasteiger partial charge on any atom is 0.326 e. The summed E-state index contributed by atoms with van der Waals surface area (Å²) in [5, 5.41) is 99.0. The number of aliphatic carboxylic acids is 1. The first-order valence-corrected chi connectivity index (χ1v) is 17.4. The maximum absolute atomic E-state index is 13.0. The Bertz CT molecular complexity index is 2000. The van der Waals surface area contributed by atoms with Crippen molar-refractivity contribution in [1.29, 1.82) is 0 Å². The van der Waals surface area contributed by atoms with Gasteiger partial charge in [-0.1, -0.05) is 0 Å². The van der Waals surface area contributed by atoms with Crippen molar-refractivity contribution in [3.8, 4) is 0 Å². The monoisotopic (exact) mass is 836 g/mol. The number of carboxylic acids is 1. The Balaban J connectivity index is 1.60. The van der Waals surface area contributed by atoms with E-state index < -0.39 is 123 Å². The number of amides is 4. The van der Waals surface area contributed by atoms with Gasteiger partial charge in [0.15, 0.2) is 11.2 Å². The number of carboxylic acid groups (broad SMARTS) is 1. The number of nitrogens with zero attached hydrogens (tertiary/aromatic N) is 3. The van der Waals surface area contributed by atoms with Gasteiger partial charge < -0.3 is 83.1 Å². The van der Waals surface area contributed by atoms with E-state index in [1.165, 1.54) is 30.5 Å². The third kappa shape index (κ3) is 13.4. The fraction of sp³-hybridized carbons (Fsp3) is 0.455. The number of hydrogen-bond acceptors (Lipinski definition) is 20. The van der Waals surface area contributed by atoms with Crippen molar-refractivity contribution < 1.29 is 74.7 Å². The number of aromatic nitrogens is 4. The van der Waals surface area contributed by atoms with Crippen LogP contribution in [0.3, 0.4) is 0 Å². The summed E-state index contributed by atoms with van der Waals surface area (Å²) in [6, 6.07) is -0.00355. The van der Waals surface area contributed by atoms with Gasteiger partial charge in [0.05, 0.1) is 38.2 Å². The number of nitrogens with two attached hydrogens (primary N) is 1. The van der Waals surface area contributed by atoms with Crippen LogP contribution in [0.2, 0.25) is 0 Å². The van der Waals surface area contributed by atoms with Gasteiger partial charge in [-0.25, -0.2) is 14.8 Å². The largest absolute Gasteiger partial charge is 0.480 e. The number of benzene rings is 1. The first-order chi connectivity index (χ1) is 27.9. The molecule has 1 aromatic carbocycles. The van der Waals surface area contributed by atoms with Crippen molar-refractivity contribution in [2.75, 3.05) is 30.8 Å². The van der Waals surface area contributed by atoms with Gasteiger partial charge in [-0.2, -0.15) is 4.98 Å². The molecular formula is C33H44N10O16. The van der Waals surface area contributed by atoms with Crippen LogP contribution >= 0.6 is 0 Å². The molecular weight excluding hydrogens is 792 g/mol. The highest BCUT2D eigenvalue weighted by Gasteiger charge is 2.37. The van der Waals surface area contributed by atoms with E-state index >= 15 is 0 Å². The van der Waals surface area contributed by atoms with E-state index in [1.54, 1.807) is 0 Å². The highest BCUT2D eigenvalue weighted by Crippen LogP contribution is 2.13. The molecule has 4 amide bonds. The Hall–Kier alpha value is -6.26. The van der Waals surface area contributed by atoms with Gasteiger partial charge in [-0.3, -0.25) is 29.0 Å². The molecule has 3 rings (SSSR count). The molecule has 0 fully saturated rings. The minimum Gasteiger partial charge on any atom is -0.480 e. The molecule has 0 aliphatic heterocycles. The van der Waals surface area contributed by atoms with E-state index in [0.717, 1.165) is 0 Å². The molecule has 322 valence electrons. The van der Waals surface area contributed by atoms with Crippen LogP contribution in [0.4, 0.5) is 11.6 Å². The number of nitrogen functional groups attached to an aromatic ring is 1. The highest BCUT2D eigenvalue weighted by molar-refractivity contribution is 5.97. The second-order valence-electron chi connectivity index (χ2n) is 12.8. The normalized spacial score (nSPS) is 15.9. The fourth-order valence-electron chi connectivity index (χ4n) is 5.11. The predicted octanol–water partition coefficient (Wildman–Crippen LogP) is -7.69. The lowest BCUT2D eigenvalue weighted by molar-refractivity contribution is -0.141. The van der Waals surface area contributed by atoms with Crippen LogP contribution in [0.15, 0.2) is 35.3 Å². The van der Waals surface area contributed by atoms with Crippen molar-refractivity contribution in [2.45, 2.75) is 74.1 Å². The molecule has 17 N–H and O–H groups in total. The molecule has 2 aromatic heterocycles. The topological polar surface area (TPSA) is 442 Å². The Kier molecular flexibility index (Phi) is 17.6. The van der Waals surface area contributed by atoms with Crippen LogP contribution < -0.4 is 37.9 Å². The SMILES string of the molecule is Nc1nc2ncc(CNc3ccc(C(=O)NC(CCC(=O)NC(C(=O)NCC(=O)NC(C=O)C(O)C(O)C(O)CO)C(O)C(O)C(O)CO)C(=O)O)cc3)nc2c(=O)[nH]1. The summed E-state index contributed by atoms with van der Waals surface area (Å²) < 4.78 is 0. The minimum atomic E-state index is -2.35. The van der Waals surface area contributed by atoms with Gasteiger partial charge in [0, 0.05) is 17.7 Å². The van der Waals surface area contributed by atoms with E-state index in [0.29, 0.717) is 11.4 Å². The number of aliphatic hydroxyl groups excluding tert-OH is 8. The number of aldehydes is 1. The van der Waals surface area contributed by atoms with Gasteiger partial charge in [0.25, 0.3) is 11.5 Å². The number of carbonyl (C=O) groups excluding carboxylic acids is 5. The quantitative estimate of drug-likeness (QED) is 0.0394. The molecule has 0 saturated heterocycles. The molecule has 26 nitrogen and oxygen atoms in total. The van der Waals surface area contributed by atoms with Crippen LogP contribution in [0, 0.1) is 0 Å². The molecule has 26 heteroatoms. The summed E-state index contributed by atoms with van der Waals surface area (Å²) in [7, 11) is 0. The Morgan fingerprint density at radius 2 is 1.46 bits per heavy atom. The van der Waals surface area contributed by atoms with Crippen molar-refractivity contribution in [3.05, 3.63) is 52.1 Å². The molecule has 0 saturated carbocycles. The van der Waals surface area contributed by atoms with Crippen LogP contribution in [-0.2, 0) is 30.5 Å². The zero-order valence-corrected chi connectivity index (χ0v) is 30.7. The van der Waals surface area contributed by atoms with Crippen molar-refractivity contribution in [3.63, 3.8) is 0 Å². The number of anilines is 2. The van der Waals surface area contributed by atoms with E-state index in [4.69, 9.17) is 10.8 Å². The first-order valence-electron chi connectivity index (χ1n) is 17.4. The highest BCUT2D eigenvalue weighted by atomic mass is 16.4. The van der Waals surface area contributed by atoms with Crippen molar-refractivity contribution >= 4 is 58.7 Å². The number of hydrogen-bond donors (Lipinski definition) is 16. The van der Waals surface area contributed by atoms with Crippen molar-refractivity contribution in [2.24, 2.45) is 0 Å². The third-order valence-corrected chi connectivity index (χ3v) is 8.44. The predicted molar refractivity (Wildman–Crippen MR) is 197 cm³/mol. The molecule has 9 atom stereocenters. The Labute approximate surface area is 331 Å². The zero-order valence-electron chi connectivity index (χ0n) is 30.7. The summed E-state index contributed by atoms with van der Waals surface area (Å²) in [6.45, 7) is -3.03. The fourth-order valence-corrected chi connectivity index (χ4v) is 5.11. The lowest BCUT2D eigenvalue weighted by atomic mass is 10.00. The Morgan fingerprint density at radius 3 is 2.05 bits per heavy atom. The molecule has 0 aliphatic rings. The average molecular weight is 837 g/mol. The van der Waals surface area contributed by atoms with Crippen LogP contribution in [0.1, 0.15) is 28.9 Å². The van der Waals surface area contributed by atoms with Gasteiger partial charge in [0.2, 0.25) is 23.7 Å².